The Balaban J connectivity index is 2.00. The van der Waals surface area contributed by atoms with Crippen LogP contribution in [0, 0.1) is 0 Å². The van der Waals surface area contributed by atoms with Gasteiger partial charge in [-0.1, -0.05) is 35.9 Å². The van der Waals surface area contributed by atoms with Gasteiger partial charge in [-0.2, -0.15) is 5.10 Å². The molecule has 0 atom stereocenters. The average molecular weight is 380 g/mol. The number of para-hydroxylation sites is 1. The van der Waals surface area contributed by atoms with Crippen LogP contribution in [-0.2, 0) is 11.3 Å². The molecule has 0 N–H and O–H groups in total. The molecule has 4 aromatic rings. The van der Waals surface area contributed by atoms with Gasteiger partial charge >= 0.3 is 0 Å². The first-order chi connectivity index (χ1) is 13.2. The van der Waals surface area contributed by atoms with Crippen LogP contribution in [0.4, 0.5) is 0 Å². The van der Waals surface area contributed by atoms with Crippen molar-refractivity contribution in [3.8, 4) is 28.1 Å². The topological polar surface area (TPSA) is 48.7 Å². The predicted octanol–water partition coefficient (Wildman–Crippen LogP) is 4.87. The highest BCUT2D eigenvalue weighted by atomic mass is 35.5. The van der Waals surface area contributed by atoms with E-state index in [1.165, 1.54) is 0 Å². The van der Waals surface area contributed by atoms with Gasteiger partial charge in [0, 0.05) is 23.9 Å². The van der Waals surface area contributed by atoms with Crippen molar-refractivity contribution in [3.63, 3.8) is 0 Å². The zero-order valence-corrected chi connectivity index (χ0v) is 15.8. The van der Waals surface area contributed by atoms with Crippen molar-refractivity contribution >= 4 is 17.2 Å². The maximum absolute atomic E-state index is 6.06. The van der Waals surface area contributed by atoms with Crippen molar-refractivity contribution in [3.05, 3.63) is 71.5 Å². The summed E-state index contributed by atoms with van der Waals surface area (Å²) in [6.45, 7) is 0.382. The highest BCUT2D eigenvalue weighted by Gasteiger charge is 2.19. The van der Waals surface area contributed by atoms with E-state index in [4.69, 9.17) is 26.2 Å². The summed E-state index contributed by atoms with van der Waals surface area (Å²) in [4.78, 5) is 4.60. The van der Waals surface area contributed by atoms with Crippen LogP contribution in [0.2, 0.25) is 5.02 Å². The summed E-state index contributed by atoms with van der Waals surface area (Å²) < 4.78 is 12.8. The van der Waals surface area contributed by atoms with Gasteiger partial charge in [-0.15, -0.1) is 0 Å². The minimum absolute atomic E-state index is 0.382. The van der Waals surface area contributed by atoms with Crippen molar-refractivity contribution < 1.29 is 9.47 Å². The number of fused-ring (bicyclic) bond motifs is 1. The summed E-state index contributed by atoms with van der Waals surface area (Å²) in [5.41, 5.74) is 5.34. The van der Waals surface area contributed by atoms with E-state index in [9.17, 15) is 0 Å². The third-order valence-electron chi connectivity index (χ3n) is 4.39. The Bertz CT molecular complexity index is 1090. The van der Waals surface area contributed by atoms with Crippen LogP contribution < -0.4 is 4.74 Å². The largest absolute Gasteiger partial charge is 0.496 e. The van der Waals surface area contributed by atoms with Gasteiger partial charge in [-0.05, 0) is 35.9 Å². The molecule has 0 fully saturated rings. The van der Waals surface area contributed by atoms with E-state index in [1.807, 2.05) is 59.1 Å². The molecule has 0 saturated heterocycles. The van der Waals surface area contributed by atoms with Gasteiger partial charge in [0.25, 0.3) is 0 Å². The monoisotopic (exact) mass is 379 g/mol. The molecule has 0 unspecified atom stereocenters. The molecule has 2 heterocycles. The summed E-state index contributed by atoms with van der Waals surface area (Å²) in [5.74, 6) is 0.779. The van der Waals surface area contributed by atoms with E-state index in [2.05, 4.69) is 4.98 Å². The smallest absolute Gasteiger partial charge is 0.163 e. The van der Waals surface area contributed by atoms with E-state index >= 15 is 0 Å². The first-order valence-electron chi connectivity index (χ1n) is 8.48. The standard InChI is InChI=1S/C21H18ClN3O2/c1-26-13-17-20(14-7-9-15(22)10-8-14)21-23-12-11-18(25(21)24-17)16-5-3-4-6-19(16)27-2/h3-12H,13H2,1-2H3. The minimum Gasteiger partial charge on any atom is -0.496 e. The molecule has 0 spiro atoms. The number of methoxy groups -OCH3 is 2. The SMILES string of the molecule is COCc1nn2c(-c3ccccc3OC)ccnc2c1-c1ccc(Cl)cc1. The molecular weight excluding hydrogens is 362 g/mol. The van der Waals surface area contributed by atoms with E-state index in [-0.39, 0.29) is 0 Å². The van der Waals surface area contributed by atoms with Crippen molar-refractivity contribution in [1.29, 1.82) is 0 Å². The Hall–Kier alpha value is -2.89. The lowest BCUT2D eigenvalue weighted by Gasteiger charge is -2.09. The third kappa shape index (κ3) is 3.16. The Morgan fingerprint density at radius 1 is 1.00 bits per heavy atom. The highest BCUT2D eigenvalue weighted by molar-refractivity contribution is 6.30. The molecule has 0 radical (unpaired) electrons. The van der Waals surface area contributed by atoms with Gasteiger partial charge in [0.2, 0.25) is 0 Å². The first kappa shape index (κ1) is 17.5. The Kier molecular flexibility index (Phi) is 4.79. The number of rotatable bonds is 5. The van der Waals surface area contributed by atoms with Crippen LogP contribution in [0.25, 0.3) is 28.0 Å². The first-order valence-corrected chi connectivity index (χ1v) is 8.85. The minimum atomic E-state index is 0.382. The molecule has 0 aliphatic rings. The fraction of sp³-hybridized carbons (Fsp3) is 0.143. The van der Waals surface area contributed by atoms with E-state index < -0.39 is 0 Å². The second kappa shape index (κ2) is 7.39. The Morgan fingerprint density at radius 3 is 2.52 bits per heavy atom. The number of ether oxygens (including phenoxy) is 2. The summed E-state index contributed by atoms with van der Waals surface area (Å²) in [7, 11) is 3.32. The molecule has 2 aromatic carbocycles. The van der Waals surface area contributed by atoms with Crippen molar-refractivity contribution in [1.82, 2.24) is 14.6 Å². The fourth-order valence-corrected chi connectivity index (χ4v) is 3.33. The summed E-state index contributed by atoms with van der Waals surface area (Å²) >= 11 is 6.06. The fourth-order valence-electron chi connectivity index (χ4n) is 3.20. The highest BCUT2D eigenvalue weighted by Crippen LogP contribution is 2.34. The number of nitrogens with zero attached hydrogens (tertiary/aromatic N) is 3. The maximum Gasteiger partial charge on any atom is 0.163 e. The lowest BCUT2D eigenvalue weighted by Crippen LogP contribution is -1.98. The molecule has 0 aliphatic carbocycles. The van der Waals surface area contributed by atoms with Crippen LogP contribution in [0.1, 0.15) is 5.69 Å². The lowest BCUT2D eigenvalue weighted by atomic mass is 10.1. The number of aromatic nitrogens is 3. The van der Waals surface area contributed by atoms with Crippen molar-refractivity contribution in [2.45, 2.75) is 6.61 Å². The zero-order chi connectivity index (χ0) is 18.8. The number of halogens is 1. The number of hydrogen-bond acceptors (Lipinski definition) is 4. The van der Waals surface area contributed by atoms with Crippen LogP contribution in [0.3, 0.4) is 0 Å². The number of hydrogen-bond donors (Lipinski definition) is 0. The van der Waals surface area contributed by atoms with Gasteiger partial charge in [-0.25, -0.2) is 9.50 Å². The molecule has 0 saturated carbocycles. The molecule has 0 bridgehead atoms. The normalized spacial score (nSPS) is 11.1. The van der Waals surface area contributed by atoms with E-state index in [0.717, 1.165) is 39.5 Å². The maximum atomic E-state index is 6.06. The molecule has 0 amide bonds. The number of benzene rings is 2. The van der Waals surface area contributed by atoms with Crippen LogP contribution in [0.5, 0.6) is 5.75 Å². The molecule has 2 aromatic heterocycles. The van der Waals surface area contributed by atoms with Gasteiger partial charge < -0.3 is 9.47 Å². The quantitative estimate of drug-likeness (QED) is 0.496. The van der Waals surface area contributed by atoms with Gasteiger partial charge in [0.1, 0.15) is 5.75 Å². The van der Waals surface area contributed by atoms with E-state index in [0.29, 0.717) is 11.6 Å². The van der Waals surface area contributed by atoms with Crippen LogP contribution >= 0.6 is 11.6 Å². The summed E-state index contributed by atoms with van der Waals surface area (Å²) in [5, 5.41) is 5.48. The van der Waals surface area contributed by atoms with Crippen molar-refractivity contribution in [2.24, 2.45) is 0 Å². The lowest BCUT2D eigenvalue weighted by molar-refractivity contribution is 0.181. The second-order valence-corrected chi connectivity index (χ2v) is 6.46. The predicted molar refractivity (Wildman–Crippen MR) is 106 cm³/mol. The van der Waals surface area contributed by atoms with Gasteiger partial charge in [-0.3, -0.25) is 0 Å². The summed E-state index contributed by atoms with van der Waals surface area (Å²) in [6, 6.07) is 17.5. The van der Waals surface area contributed by atoms with Crippen LogP contribution in [-0.4, -0.2) is 28.8 Å². The average Bonchev–Trinajstić information content (AvgIpc) is 3.07. The zero-order valence-electron chi connectivity index (χ0n) is 15.0. The van der Waals surface area contributed by atoms with Gasteiger partial charge in [0.05, 0.1) is 30.7 Å². The second-order valence-electron chi connectivity index (χ2n) is 6.03. The Morgan fingerprint density at radius 2 is 1.78 bits per heavy atom. The summed E-state index contributed by atoms with van der Waals surface area (Å²) in [6.07, 6.45) is 1.79. The Labute approximate surface area is 162 Å². The van der Waals surface area contributed by atoms with Gasteiger partial charge in [0.15, 0.2) is 5.65 Å². The molecule has 27 heavy (non-hydrogen) atoms. The van der Waals surface area contributed by atoms with Crippen LogP contribution in [0.15, 0.2) is 60.8 Å². The molecule has 0 aliphatic heterocycles. The van der Waals surface area contributed by atoms with E-state index in [1.54, 1.807) is 20.4 Å². The molecule has 6 heteroatoms. The third-order valence-corrected chi connectivity index (χ3v) is 4.64. The molecular formula is C21H18ClN3O2. The van der Waals surface area contributed by atoms with Crippen molar-refractivity contribution in [2.75, 3.05) is 14.2 Å². The molecule has 136 valence electrons. The molecule has 4 rings (SSSR count). The molecule has 5 nitrogen and oxygen atoms in total.